The van der Waals surface area contributed by atoms with Crippen LogP contribution in [0.5, 0.6) is 0 Å². The van der Waals surface area contributed by atoms with E-state index in [-0.39, 0.29) is 18.7 Å². The second-order valence-electron chi connectivity index (χ2n) is 12.6. The summed E-state index contributed by atoms with van der Waals surface area (Å²) in [5.74, 6) is 4.53. The molecular weight excluding hydrogens is 460 g/mol. The molecule has 202 valence electrons. The van der Waals surface area contributed by atoms with E-state index in [4.69, 9.17) is 0 Å². The van der Waals surface area contributed by atoms with Crippen molar-refractivity contribution in [1.82, 2.24) is 19.6 Å². The Morgan fingerprint density at radius 3 is 2.31 bits per heavy atom. The second-order valence-corrected chi connectivity index (χ2v) is 14.7. The maximum absolute atomic E-state index is 13.6. The Kier molecular flexibility index (Phi) is 8.17. The van der Waals surface area contributed by atoms with Crippen molar-refractivity contribution in [3.63, 3.8) is 0 Å². The molecule has 0 aromatic heterocycles. The standard InChI is InChI=1S/C27H50N4O3S/c1-19-7-6-8-23(20(19)2)21-9-11-22(12-10-21)27-24-17-30(15-4-5-16-31(24)25(27)18-32)35(33,34)26-13-14-28-29(26)3/h19-28,32H,4-18H2,1-3H3/t19?,20?,21?,22?,23?,24?,25-,26?,27+/m1/s1. The summed E-state index contributed by atoms with van der Waals surface area (Å²) in [5.41, 5.74) is 3.17. The number of aliphatic hydroxyl groups is 1. The largest absolute Gasteiger partial charge is 0.395 e. The summed E-state index contributed by atoms with van der Waals surface area (Å²) < 4.78 is 29.1. The number of hydrazine groups is 1. The lowest BCUT2D eigenvalue weighted by molar-refractivity contribution is -0.123. The van der Waals surface area contributed by atoms with Crippen molar-refractivity contribution < 1.29 is 13.5 Å². The maximum atomic E-state index is 13.6. The van der Waals surface area contributed by atoms with Crippen LogP contribution in [0.25, 0.3) is 0 Å². The lowest BCUT2D eigenvalue weighted by atomic mass is 9.60. The Hall–Kier alpha value is -0.250. The Morgan fingerprint density at radius 1 is 0.914 bits per heavy atom. The van der Waals surface area contributed by atoms with E-state index in [9.17, 15) is 13.5 Å². The van der Waals surface area contributed by atoms with Crippen LogP contribution in [0, 0.1) is 35.5 Å². The van der Waals surface area contributed by atoms with Gasteiger partial charge in [0.25, 0.3) is 0 Å². The van der Waals surface area contributed by atoms with Crippen LogP contribution in [0.4, 0.5) is 0 Å². The summed E-state index contributed by atoms with van der Waals surface area (Å²) >= 11 is 0. The van der Waals surface area contributed by atoms with E-state index in [0.29, 0.717) is 31.3 Å². The van der Waals surface area contributed by atoms with Crippen molar-refractivity contribution in [1.29, 1.82) is 0 Å². The molecule has 0 aromatic carbocycles. The molecule has 0 amide bonds. The first-order chi connectivity index (χ1) is 16.8. The Labute approximate surface area is 214 Å². The molecule has 5 rings (SSSR count). The van der Waals surface area contributed by atoms with E-state index < -0.39 is 15.4 Å². The molecule has 0 spiro atoms. The van der Waals surface area contributed by atoms with Gasteiger partial charge in [-0.25, -0.2) is 13.4 Å². The van der Waals surface area contributed by atoms with Crippen LogP contribution in [0.1, 0.15) is 78.1 Å². The quantitative estimate of drug-likeness (QED) is 0.592. The first kappa shape index (κ1) is 26.4. The van der Waals surface area contributed by atoms with Gasteiger partial charge in [-0.3, -0.25) is 10.3 Å². The van der Waals surface area contributed by atoms with Gasteiger partial charge in [0.2, 0.25) is 10.0 Å². The van der Waals surface area contributed by atoms with Gasteiger partial charge in [-0.15, -0.1) is 0 Å². The molecule has 5 fully saturated rings. The number of sulfonamides is 1. The molecule has 2 saturated carbocycles. The average molecular weight is 511 g/mol. The molecule has 0 aromatic rings. The lowest BCUT2D eigenvalue weighted by Gasteiger charge is -2.60. The minimum Gasteiger partial charge on any atom is -0.395 e. The molecule has 7 nitrogen and oxygen atoms in total. The van der Waals surface area contributed by atoms with Crippen LogP contribution in [0.3, 0.4) is 0 Å². The summed E-state index contributed by atoms with van der Waals surface area (Å²) in [4.78, 5) is 2.46. The van der Waals surface area contributed by atoms with E-state index in [1.165, 1.54) is 44.9 Å². The van der Waals surface area contributed by atoms with Gasteiger partial charge in [-0.1, -0.05) is 26.7 Å². The molecule has 2 aliphatic carbocycles. The molecule has 2 N–H and O–H groups in total. The van der Waals surface area contributed by atoms with Crippen LogP contribution in [-0.4, -0.2) is 85.0 Å². The monoisotopic (exact) mass is 510 g/mol. The zero-order valence-corrected chi connectivity index (χ0v) is 23.1. The fourth-order valence-electron chi connectivity index (χ4n) is 8.80. The lowest BCUT2D eigenvalue weighted by Crippen LogP contribution is -2.71. The molecule has 5 unspecified atom stereocenters. The molecule has 8 heteroatoms. The van der Waals surface area contributed by atoms with Crippen LogP contribution in [-0.2, 0) is 10.0 Å². The zero-order chi connectivity index (χ0) is 24.7. The molecule has 5 aliphatic rings. The molecule has 7 atom stereocenters. The predicted molar refractivity (Wildman–Crippen MR) is 140 cm³/mol. The first-order valence-electron chi connectivity index (χ1n) is 14.6. The molecule has 35 heavy (non-hydrogen) atoms. The number of rotatable bonds is 5. The van der Waals surface area contributed by atoms with Crippen molar-refractivity contribution in [2.75, 3.05) is 39.8 Å². The minimum atomic E-state index is -3.38. The smallest absolute Gasteiger partial charge is 0.231 e. The van der Waals surface area contributed by atoms with Crippen LogP contribution in [0.15, 0.2) is 0 Å². The summed E-state index contributed by atoms with van der Waals surface area (Å²) in [6.07, 6.45) is 11.9. The minimum absolute atomic E-state index is 0.209. The number of nitrogens with one attached hydrogen (secondary N) is 1. The topological polar surface area (TPSA) is 76.1 Å². The van der Waals surface area contributed by atoms with Crippen molar-refractivity contribution in [3.05, 3.63) is 0 Å². The van der Waals surface area contributed by atoms with Gasteiger partial charge in [-0.05, 0) is 93.4 Å². The fraction of sp³-hybridized carbons (Fsp3) is 1.00. The van der Waals surface area contributed by atoms with Crippen LogP contribution in [0.2, 0.25) is 0 Å². The van der Waals surface area contributed by atoms with E-state index >= 15 is 0 Å². The van der Waals surface area contributed by atoms with Crippen LogP contribution >= 0.6 is 0 Å². The molecule has 3 heterocycles. The van der Waals surface area contributed by atoms with Crippen LogP contribution < -0.4 is 5.43 Å². The van der Waals surface area contributed by atoms with Gasteiger partial charge < -0.3 is 5.11 Å². The molecule has 3 saturated heterocycles. The van der Waals surface area contributed by atoms with Gasteiger partial charge in [0.15, 0.2) is 0 Å². The van der Waals surface area contributed by atoms with Gasteiger partial charge in [0.05, 0.1) is 6.61 Å². The summed E-state index contributed by atoms with van der Waals surface area (Å²) in [6, 6.07) is 0.478. The zero-order valence-electron chi connectivity index (χ0n) is 22.3. The SMILES string of the molecule is CC1CCCC(C2CCC([C@H]3C4CN(S(=O)(=O)C5CCNN5C)CCCCN4[C@@H]3CO)CC2)C1C. The molecule has 0 bridgehead atoms. The highest BCUT2D eigenvalue weighted by molar-refractivity contribution is 7.89. The number of hydrogen-bond acceptors (Lipinski definition) is 6. The van der Waals surface area contributed by atoms with E-state index in [2.05, 4.69) is 24.2 Å². The summed E-state index contributed by atoms with van der Waals surface area (Å²) in [7, 11) is -1.53. The van der Waals surface area contributed by atoms with Crippen molar-refractivity contribution in [2.45, 2.75) is 95.5 Å². The number of hydrogen-bond donors (Lipinski definition) is 2. The fourth-order valence-corrected chi connectivity index (χ4v) is 10.8. The van der Waals surface area contributed by atoms with E-state index in [1.54, 1.807) is 5.01 Å². The van der Waals surface area contributed by atoms with Crippen molar-refractivity contribution in [3.8, 4) is 0 Å². The van der Waals surface area contributed by atoms with Gasteiger partial charge in [0, 0.05) is 38.8 Å². The highest BCUT2D eigenvalue weighted by Crippen LogP contribution is 2.50. The first-order valence-corrected chi connectivity index (χ1v) is 16.1. The molecular formula is C27H50N4O3S. The highest BCUT2D eigenvalue weighted by atomic mass is 32.2. The third-order valence-electron chi connectivity index (χ3n) is 11.0. The normalized spacial score (nSPS) is 44.9. The van der Waals surface area contributed by atoms with Gasteiger partial charge in [0.1, 0.15) is 5.37 Å². The summed E-state index contributed by atoms with van der Waals surface area (Å²) in [6.45, 7) is 8.11. The number of fused-ring (bicyclic) bond motifs is 1. The second kappa shape index (κ2) is 10.9. The van der Waals surface area contributed by atoms with E-state index in [0.717, 1.165) is 49.6 Å². The third-order valence-corrected chi connectivity index (χ3v) is 13.3. The van der Waals surface area contributed by atoms with Gasteiger partial charge in [-0.2, -0.15) is 4.31 Å². The third kappa shape index (κ3) is 4.97. The Balaban J connectivity index is 1.27. The number of nitrogens with zero attached hydrogens (tertiary/aromatic N) is 3. The number of aliphatic hydroxyl groups excluding tert-OH is 1. The van der Waals surface area contributed by atoms with Crippen molar-refractivity contribution in [2.24, 2.45) is 35.5 Å². The Bertz CT molecular complexity index is 817. The van der Waals surface area contributed by atoms with Crippen molar-refractivity contribution >= 4 is 10.0 Å². The predicted octanol–water partition coefficient (Wildman–Crippen LogP) is 3.12. The summed E-state index contributed by atoms with van der Waals surface area (Å²) in [5, 5.41) is 11.7. The average Bonchev–Trinajstić information content (AvgIpc) is 3.27. The molecule has 0 radical (unpaired) electrons. The maximum Gasteiger partial charge on any atom is 0.231 e. The highest BCUT2D eigenvalue weighted by Gasteiger charge is 2.53. The molecule has 3 aliphatic heterocycles. The Morgan fingerprint density at radius 2 is 1.63 bits per heavy atom. The van der Waals surface area contributed by atoms with Gasteiger partial charge >= 0.3 is 0 Å². The van der Waals surface area contributed by atoms with E-state index in [1.807, 2.05) is 11.4 Å².